The van der Waals surface area contributed by atoms with Crippen molar-refractivity contribution in [2.75, 3.05) is 0 Å². The van der Waals surface area contributed by atoms with Crippen molar-refractivity contribution in [3.8, 4) is 0 Å². The van der Waals surface area contributed by atoms with Crippen LogP contribution in [0.5, 0.6) is 0 Å². The first-order chi connectivity index (χ1) is 5.83. The van der Waals surface area contributed by atoms with E-state index in [2.05, 4.69) is 39.3 Å². The summed E-state index contributed by atoms with van der Waals surface area (Å²) >= 11 is -0.731. The minimum Gasteiger partial charge on any atom is -0.708 e. The Kier molecular flexibility index (Phi) is 7.06. The zero-order chi connectivity index (χ0) is 10.5. The molecule has 0 unspecified atom stereocenters. The van der Waals surface area contributed by atoms with Gasteiger partial charge in [-0.15, -0.1) is 0 Å². The van der Waals surface area contributed by atoms with Crippen LogP contribution in [0.15, 0.2) is 0 Å². The minimum atomic E-state index is -1.69. The van der Waals surface area contributed by atoms with Gasteiger partial charge in [0.2, 0.25) is 0 Å². The summed E-state index contributed by atoms with van der Waals surface area (Å²) in [6, 6.07) is 0. The summed E-state index contributed by atoms with van der Waals surface area (Å²) in [6.07, 6.45) is 0. The molecule has 13 heavy (non-hydrogen) atoms. The predicted octanol–water partition coefficient (Wildman–Crippen LogP) is 0.483. The molecule has 0 aliphatic rings. The van der Waals surface area contributed by atoms with Crippen LogP contribution in [0, 0.1) is 0 Å². The Morgan fingerprint density at radius 1 is 1.15 bits per heavy atom. The van der Waals surface area contributed by atoms with Crippen molar-refractivity contribution in [2.24, 2.45) is 0 Å². The lowest BCUT2D eigenvalue weighted by Crippen LogP contribution is -2.44. The zero-order valence-corrected chi connectivity index (χ0v) is 14.3. The highest BCUT2D eigenvalue weighted by Crippen LogP contribution is 2.04. The van der Waals surface area contributed by atoms with Gasteiger partial charge in [-0.3, -0.25) is 0 Å². The summed E-state index contributed by atoms with van der Waals surface area (Å²) in [6.45, 7) is 13.2. The Morgan fingerprint density at radius 3 is 2.08 bits per heavy atom. The summed E-state index contributed by atoms with van der Waals surface area (Å²) in [5.41, 5.74) is 0. The van der Waals surface area contributed by atoms with E-state index in [1.807, 2.05) is 0 Å². The van der Waals surface area contributed by atoms with Gasteiger partial charge in [0.15, 0.2) is 0 Å². The summed E-state index contributed by atoms with van der Waals surface area (Å²) in [5, 5.41) is 0. The molecule has 0 bridgehead atoms. The fourth-order valence-corrected chi connectivity index (χ4v) is 10.0. The van der Waals surface area contributed by atoms with Crippen LogP contribution < -0.4 is 0 Å². The van der Waals surface area contributed by atoms with Gasteiger partial charge in [-0.05, 0) is 13.1 Å². The van der Waals surface area contributed by atoms with E-state index in [0.717, 1.165) is 0 Å². The lowest BCUT2D eigenvalue weighted by Gasteiger charge is -2.30. The molecular weight excluding hydrogens is 231 g/mol. The third-order valence-electron chi connectivity index (χ3n) is 1.38. The van der Waals surface area contributed by atoms with Gasteiger partial charge in [0.1, 0.15) is 9.04 Å². The minimum absolute atomic E-state index is 0.731. The van der Waals surface area contributed by atoms with Crippen LogP contribution in [0.4, 0.5) is 0 Å². The number of hydrogen-bond acceptors (Lipinski definition) is 2. The molecule has 0 heterocycles. The number of hydrogen-bond donors (Lipinski definition) is 0. The van der Waals surface area contributed by atoms with Crippen LogP contribution in [-0.4, -0.2) is 46.6 Å². The lowest BCUT2D eigenvalue weighted by atomic mass is 11.9. The highest BCUT2D eigenvalue weighted by molar-refractivity contribution is 6.75. The molecule has 0 fully saturated rings. The first-order valence-electron chi connectivity index (χ1n) is 4.81. The maximum Gasteiger partial charge on any atom is 0.455 e. The molecule has 0 saturated carbocycles. The quantitative estimate of drug-likeness (QED) is 0.509. The summed E-state index contributed by atoms with van der Waals surface area (Å²) in [5.74, 6) is 0. The molecule has 0 aliphatic carbocycles. The Balaban J connectivity index is 3.62. The van der Waals surface area contributed by atoms with E-state index in [4.69, 9.17) is 11.1 Å². The molecule has 0 rings (SSSR count). The van der Waals surface area contributed by atoms with E-state index in [-0.39, 0.29) is 0 Å². The Bertz CT molecular complexity index is 143. The van der Waals surface area contributed by atoms with E-state index >= 15 is 0 Å². The van der Waals surface area contributed by atoms with Gasteiger partial charge in [-0.1, -0.05) is 13.1 Å². The van der Waals surface area contributed by atoms with Crippen molar-refractivity contribution < 1.29 is 11.1 Å². The normalized spacial score (nSPS) is 12.9. The van der Waals surface area contributed by atoms with Crippen LogP contribution in [-0.2, 0) is 6.96 Å². The summed E-state index contributed by atoms with van der Waals surface area (Å²) < 4.78 is 16.1. The standard InChI is InChI=1S/C4H13O2Si2.C2H7OSi.Al.H/c1-7(2)6-8(3,4)5;1-4(2)3;;/h7H,1-4H3;4H,1-2H3;;/q2*-1;+1;/p+1. The smallest absolute Gasteiger partial charge is 0.455 e. The van der Waals surface area contributed by atoms with Gasteiger partial charge < -0.3 is 11.1 Å². The molecule has 0 aromatic carbocycles. The molecule has 79 valence electrons. The molecule has 0 atom stereocenters. The highest BCUT2D eigenvalue weighted by atomic mass is 28.4. The van der Waals surface area contributed by atoms with Gasteiger partial charge in [0.25, 0.3) is 15.9 Å². The van der Waals surface area contributed by atoms with Gasteiger partial charge in [-0.2, -0.15) is 0 Å². The summed E-state index contributed by atoms with van der Waals surface area (Å²) in [4.78, 5) is 0. The Labute approximate surface area is 92.9 Å². The first kappa shape index (κ1) is 14.1. The highest BCUT2D eigenvalue weighted by Gasteiger charge is 2.29. The van der Waals surface area contributed by atoms with Gasteiger partial charge in [0, 0.05) is 13.1 Å². The van der Waals surface area contributed by atoms with E-state index in [1.165, 1.54) is 0 Å². The van der Waals surface area contributed by atoms with Gasteiger partial charge in [0.05, 0.1) is 0 Å². The van der Waals surface area contributed by atoms with Crippen molar-refractivity contribution in [2.45, 2.75) is 39.3 Å². The second kappa shape index (κ2) is 6.53. The maximum absolute atomic E-state index is 5.81. The Morgan fingerprint density at radius 2 is 1.69 bits per heavy atom. The van der Waals surface area contributed by atoms with E-state index in [1.54, 1.807) is 0 Å². The number of rotatable bonds is 6. The van der Waals surface area contributed by atoms with Gasteiger partial charge >= 0.3 is 17.6 Å². The maximum atomic E-state index is 5.81. The topological polar surface area (TPSA) is 31.3 Å². The van der Waals surface area contributed by atoms with Crippen LogP contribution in [0.25, 0.3) is 0 Å². The third-order valence-corrected chi connectivity index (χ3v) is 12.4. The SMILES string of the molecule is C[SiH](C)[O][AlH-][O][Si](C)(C)[OH+][SiH](C)C. The molecule has 1 radical (unpaired) electrons. The predicted molar refractivity (Wildman–Crippen MR) is 66.8 cm³/mol. The van der Waals surface area contributed by atoms with E-state index < -0.39 is 42.5 Å². The molecule has 0 aromatic rings. The van der Waals surface area contributed by atoms with Crippen molar-refractivity contribution in [1.82, 2.24) is 0 Å². The lowest BCUT2D eigenvalue weighted by molar-refractivity contribution is 0.265. The third kappa shape index (κ3) is 9.37. The molecule has 1 N–H and O–H groups in total. The molecule has 7 heteroatoms. The molecule has 3 nitrogen and oxygen atoms in total. The van der Waals surface area contributed by atoms with Crippen LogP contribution in [0.2, 0.25) is 39.3 Å². The second-order valence-corrected chi connectivity index (χ2v) is 15.1. The fraction of sp³-hybridized carbons (Fsp3) is 1.00. The van der Waals surface area contributed by atoms with Crippen LogP contribution in [0.1, 0.15) is 0 Å². The molecule has 0 spiro atoms. The molecule has 0 saturated heterocycles. The Hall–Kier alpha value is 1.06. The second-order valence-electron chi connectivity index (χ2n) is 4.15. The van der Waals surface area contributed by atoms with Crippen LogP contribution in [0.3, 0.4) is 0 Å². The monoisotopic (exact) mass is 253 g/mol. The summed E-state index contributed by atoms with van der Waals surface area (Å²) in [7, 11) is -3.38. The first-order valence-corrected chi connectivity index (χ1v) is 14.4. The average Bonchev–Trinajstić information content (AvgIpc) is 1.81. The van der Waals surface area contributed by atoms with Crippen molar-refractivity contribution in [1.29, 1.82) is 0 Å². The van der Waals surface area contributed by atoms with Gasteiger partial charge in [-0.25, -0.2) is 0 Å². The molecule has 0 aromatic heterocycles. The van der Waals surface area contributed by atoms with Crippen LogP contribution >= 0.6 is 0 Å². The van der Waals surface area contributed by atoms with E-state index in [0.29, 0.717) is 0 Å². The van der Waals surface area contributed by atoms with Crippen molar-refractivity contribution in [3.05, 3.63) is 0 Å². The zero-order valence-electron chi connectivity index (χ0n) is 9.63. The molecular formula is C6H22AlO3Si3. The fourth-order valence-electron chi connectivity index (χ4n) is 0.973. The van der Waals surface area contributed by atoms with E-state index in [9.17, 15) is 0 Å². The molecule has 0 aliphatic heterocycles. The average molecular weight is 253 g/mol. The largest absolute Gasteiger partial charge is 0.708 e. The molecule has 0 amide bonds. The van der Waals surface area contributed by atoms with Crippen molar-refractivity contribution in [3.63, 3.8) is 0 Å². The van der Waals surface area contributed by atoms with Crippen molar-refractivity contribution >= 4 is 42.5 Å².